The van der Waals surface area contributed by atoms with Crippen LogP contribution in [0.4, 0.5) is 11.5 Å². The normalized spacial score (nSPS) is 11.3. The minimum Gasteiger partial charge on any atom is -0.340 e. The largest absolute Gasteiger partial charge is 0.340 e. The lowest BCUT2D eigenvalue weighted by Crippen LogP contribution is -2.21. The molecule has 0 fully saturated rings. The third kappa shape index (κ3) is 3.99. The van der Waals surface area contributed by atoms with Crippen LogP contribution in [0.2, 0.25) is 0 Å². The Morgan fingerprint density at radius 1 is 1.03 bits per heavy atom. The Hall–Kier alpha value is -3.72. The van der Waals surface area contributed by atoms with Gasteiger partial charge in [0.05, 0.1) is 17.2 Å². The maximum atomic E-state index is 12.6. The van der Waals surface area contributed by atoms with Crippen molar-refractivity contribution in [1.82, 2.24) is 29.1 Å². The molecular weight excluding hydrogens is 410 g/mol. The van der Waals surface area contributed by atoms with E-state index in [0.717, 1.165) is 17.2 Å². The van der Waals surface area contributed by atoms with E-state index < -0.39 is 0 Å². The number of nitrogens with zero attached hydrogens (tertiary/aromatic N) is 6. The molecule has 5 rings (SSSR count). The molecule has 3 heterocycles. The first-order valence-corrected chi connectivity index (χ1v) is 10.8. The molecule has 0 aliphatic rings. The maximum absolute atomic E-state index is 12.6. The molecule has 5 aromatic rings. The van der Waals surface area contributed by atoms with E-state index in [-0.39, 0.29) is 5.56 Å². The minimum atomic E-state index is -0.0409. The van der Waals surface area contributed by atoms with Crippen molar-refractivity contribution in [3.8, 4) is 0 Å². The number of nitrogens with one attached hydrogen (secondary N) is 1. The molecule has 0 saturated heterocycles. The van der Waals surface area contributed by atoms with Crippen molar-refractivity contribution in [2.45, 2.75) is 18.6 Å². The van der Waals surface area contributed by atoms with Gasteiger partial charge < -0.3 is 5.32 Å². The van der Waals surface area contributed by atoms with Crippen LogP contribution in [0.15, 0.2) is 76.9 Å². The highest BCUT2D eigenvalue weighted by Crippen LogP contribution is 2.21. The number of para-hydroxylation sites is 2. The van der Waals surface area contributed by atoms with Crippen LogP contribution in [-0.2, 0) is 6.54 Å². The zero-order valence-corrected chi connectivity index (χ0v) is 17.6. The first-order valence-electron chi connectivity index (χ1n) is 9.81. The van der Waals surface area contributed by atoms with Gasteiger partial charge in [0.2, 0.25) is 5.16 Å². The third-order valence-corrected chi connectivity index (χ3v) is 5.58. The fourth-order valence-corrected chi connectivity index (χ4v) is 4.04. The Balaban J connectivity index is 1.35. The van der Waals surface area contributed by atoms with Gasteiger partial charge in [-0.3, -0.25) is 9.36 Å². The number of rotatable bonds is 6. The fourth-order valence-electron chi connectivity index (χ4n) is 3.29. The van der Waals surface area contributed by atoms with E-state index in [1.165, 1.54) is 11.8 Å². The van der Waals surface area contributed by atoms with Crippen LogP contribution in [0.3, 0.4) is 0 Å². The molecule has 3 aromatic heterocycles. The maximum Gasteiger partial charge on any atom is 0.261 e. The second kappa shape index (κ2) is 8.19. The zero-order valence-electron chi connectivity index (χ0n) is 16.8. The lowest BCUT2D eigenvalue weighted by Gasteiger charge is -2.08. The molecule has 1 N–H and O–H groups in total. The lowest BCUT2D eigenvalue weighted by molar-refractivity contribution is 0.724. The molecule has 8 nitrogen and oxygen atoms in total. The smallest absolute Gasteiger partial charge is 0.261 e. The average Bonchev–Trinajstić information content (AvgIpc) is 3.19. The standard InChI is InChI=1S/C22H19N7OS/c1-15-13-19(25-16-7-3-2-4-8-16)29-21(24-15)26-22(27-29)31-12-11-28-14-23-18-10-6-5-9-17(18)20(28)30/h2-10,13-14,25H,11-12H2,1H3. The van der Waals surface area contributed by atoms with Gasteiger partial charge in [-0.1, -0.05) is 42.1 Å². The van der Waals surface area contributed by atoms with Gasteiger partial charge in [0.25, 0.3) is 11.3 Å². The molecule has 0 aliphatic carbocycles. The quantitative estimate of drug-likeness (QED) is 0.412. The summed E-state index contributed by atoms with van der Waals surface area (Å²) in [6.45, 7) is 2.44. The highest BCUT2D eigenvalue weighted by molar-refractivity contribution is 7.99. The number of aromatic nitrogens is 6. The monoisotopic (exact) mass is 429 g/mol. The van der Waals surface area contributed by atoms with Crippen molar-refractivity contribution >= 4 is 39.9 Å². The summed E-state index contributed by atoms with van der Waals surface area (Å²) in [5.41, 5.74) is 2.48. The van der Waals surface area contributed by atoms with Crippen molar-refractivity contribution in [2.75, 3.05) is 11.1 Å². The van der Waals surface area contributed by atoms with Crippen molar-refractivity contribution in [3.05, 3.63) is 83.0 Å². The zero-order chi connectivity index (χ0) is 21.2. The summed E-state index contributed by atoms with van der Waals surface area (Å²) in [6.07, 6.45) is 1.59. The van der Waals surface area contributed by atoms with Crippen molar-refractivity contribution in [3.63, 3.8) is 0 Å². The van der Waals surface area contributed by atoms with Gasteiger partial charge in [-0.05, 0) is 31.2 Å². The number of hydrogen-bond acceptors (Lipinski definition) is 7. The summed E-state index contributed by atoms with van der Waals surface area (Å²) in [6, 6.07) is 19.2. The lowest BCUT2D eigenvalue weighted by atomic mass is 10.2. The number of thioether (sulfide) groups is 1. The molecule has 0 aliphatic heterocycles. The van der Waals surface area contributed by atoms with Gasteiger partial charge in [-0.15, -0.1) is 5.10 Å². The summed E-state index contributed by atoms with van der Waals surface area (Å²) in [5.74, 6) is 1.96. The summed E-state index contributed by atoms with van der Waals surface area (Å²) in [5, 5.41) is 9.19. The molecule has 0 radical (unpaired) electrons. The van der Waals surface area contributed by atoms with Gasteiger partial charge in [-0.25, -0.2) is 9.97 Å². The summed E-state index contributed by atoms with van der Waals surface area (Å²) in [7, 11) is 0. The van der Waals surface area contributed by atoms with Crippen LogP contribution in [0.1, 0.15) is 5.69 Å². The van der Waals surface area contributed by atoms with Crippen molar-refractivity contribution < 1.29 is 0 Å². The Kier molecular flexibility index (Phi) is 5.09. The van der Waals surface area contributed by atoms with Crippen LogP contribution >= 0.6 is 11.8 Å². The Bertz CT molecular complexity index is 1430. The van der Waals surface area contributed by atoms with Crippen LogP contribution in [-0.4, -0.2) is 34.9 Å². The van der Waals surface area contributed by atoms with E-state index >= 15 is 0 Å². The molecule has 0 atom stereocenters. The molecule has 0 saturated carbocycles. The molecule has 0 amide bonds. The Morgan fingerprint density at radius 3 is 2.71 bits per heavy atom. The third-order valence-electron chi connectivity index (χ3n) is 4.76. The molecule has 9 heteroatoms. The highest BCUT2D eigenvalue weighted by atomic mass is 32.2. The number of aryl methyl sites for hydroxylation is 2. The van der Waals surface area contributed by atoms with Gasteiger partial charge in [0.1, 0.15) is 5.82 Å². The SMILES string of the molecule is Cc1cc(Nc2ccccc2)n2nc(SCCn3cnc4ccccc4c3=O)nc2n1. The van der Waals surface area contributed by atoms with Gasteiger partial charge in [0.15, 0.2) is 0 Å². The predicted octanol–water partition coefficient (Wildman–Crippen LogP) is 3.68. The second-order valence-electron chi connectivity index (χ2n) is 6.99. The number of benzene rings is 2. The first kappa shape index (κ1) is 19.3. The molecule has 154 valence electrons. The summed E-state index contributed by atoms with van der Waals surface area (Å²) < 4.78 is 3.32. The minimum absolute atomic E-state index is 0.0409. The number of hydrogen-bond donors (Lipinski definition) is 1. The topological polar surface area (TPSA) is 90.0 Å². The molecule has 0 bridgehead atoms. The van der Waals surface area contributed by atoms with E-state index in [4.69, 9.17) is 0 Å². The van der Waals surface area contributed by atoms with Gasteiger partial charge in [-0.2, -0.15) is 9.50 Å². The highest BCUT2D eigenvalue weighted by Gasteiger charge is 2.11. The predicted molar refractivity (Wildman–Crippen MR) is 122 cm³/mol. The Labute approximate surface area is 182 Å². The van der Waals surface area contributed by atoms with E-state index in [1.54, 1.807) is 21.5 Å². The molecule has 0 spiro atoms. The van der Waals surface area contributed by atoms with Crippen molar-refractivity contribution in [1.29, 1.82) is 0 Å². The van der Waals surface area contributed by atoms with Crippen LogP contribution in [0.25, 0.3) is 16.7 Å². The van der Waals surface area contributed by atoms with Crippen LogP contribution in [0.5, 0.6) is 0 Å². The van der Waals surface area contributed by atoms with E-state index in [0.29, 0.717) is 34.1 Å². The number of anilines is 2. The summed E-state index contributed by atoms with van der Waals surface area (Å²) >= 11 is 1.48. The number of fused-ring (bicyclic) bond motifs is 2. The van der Waals surface area contributed by atoms with Crippen LogP contribution < -0.4 is 10.9 Å². The van der Waals surface area contributed by atoms with Crippen molar-refractivity contribution in [2.24, 2.45) is 0 Å². The van der Waals surface area contributed by atoms with E-state index in [9.17, 15) is 4.79 Å². The average molecular weight is 430 g/mol. The van der Waals surface area contributed by atoms with E-state index in [2.05, 4.69) is 25.4 Å². The molecule has 31 heavy (non-hydrogen) atoms. The first-order chi connectivity index (χ1) is 15.2. The van der Waals surface area contributed by atoms with Gasteiger partial charge in [0, 0.05) is 29.7 Å². The van der Waals surface area contributed by atoms with Crippen LogP contribution in [0, 0.1) is 6.92 Å². The molecule has 0 unspecified atom stereocenters. The Morgan fingerprint density at radius 2 is 1.84 bits per heavy atom. The molecular formula is C22H19N7OS. The molecule has 2 aromatic carbocycles. The second-order valence-corrected chi connectivity index (χ2v) is 8.05. The fraction of sp³-hybridized carbons (Fsp3) is 0.136. The summed E-state index contributed by atoms with van der Waals surface area (Å²) in [4.78, 5) is 26.0. The van der Waals surface area contributed by atoms with Gasteiger partial charge >= 0.3 is 0 Å². The van der Waals surface area contributed by atoms with E-state index in [1.807, 2.05) is 61.5 Å².